The molecule has 0 heterocycles. The maximum atomic E-state index is 10.5. The largest absolute Gasteiger partial charge is 0.243 e. The van der Waals surface area contributed by atoms with E-state index in [1.54, 1.807) is 13.2 Å². The van der Waals surface area contributed by atoms with Crippen molar-refractivity contribution < 1.29 is 8.42 Å². The third kappa shape index (κ3) is 2.88. The van der Waals surface area contributed by atoms with Crippen molar-refractivity contribution >= 4 is 21.8 Å². The van der Waals surface area contributed by atoms with Gasteiger partial charge in [0.2, 0.25) is 10.0 Å². The molecule has 0 aromatic carbocycles. The smallest absolute Gasteiger partial charge is 0.224 e. The molecule has 0 aliphatic rings. The normalized spacial score (nSPS) is 13.9. The third-order valence-corrected chi connectivity index (χ3v) is 3.35. The van der Waals surface area contributed by atoms with Crippen molar-refractivity contribution in [2.24, 2.45) is 5.14 Å². The van der Waals surface area contributed by atoms with E-state index in [1.807, 2.05) is 0 Å². The average Bonchev–Trinajstić information content (AvgIpc) is 1.65. The molecule has 0 saturated carbocycles. The lowest BCUT2D eigenvalue weighted by atomic mass is 10.8. The zero-order valence-electron chi connectivity index (χ0n) is 5.29. The van der Waals surface area contributed by atoms with Crippen molar-refractivity contribution in [3.8, 4) is 0 Å². The third-order valence-electron chi connectivity index (χ3n) is 0.717. The summed E-state index contributed by atoms with van der Waals surface area (Å²) in [6, 6.07) is 0. The number of rotatable bonds is 2. The van der Waals surface area contributed by atoms with Crippen molar-refractivity contribution in [2.45, 2.75) is 6.92 Å². The van der Waals surface area contributed by atoms with Gasteiger partial charge in [-0.3, -0.25) is 0 Å². The summed E-state index contributed by atoms with van der Waals surface area (Å²) in [7, 11) is -3.44. The van der Waals surface area contributed by atoms with E-state index in [9.17, 15) is 8.42 Å². The average molecular weight is 167 g/mol. The zero-order chi connectivity index (χ0) is 7.49. The second kappa shape index (κ2) is 3.24. The number of primary sulfonamides is 1. The topological polar surface area (TPSA) is 60.2 Å². The fourth-order valence-electron chi connectivity index (χ4n) is 0.398. The van der Waals surface area contributed by atoms with Crippen molar-refractivity contribution in [1.29, 1.82) is 0 Å². The Morgan fingerprint density at radius 3 is 2.11 bits per heavy atom. The van der Waals surface area contributed by atoms with Crippen LogP contribution in [0.15, 0.2) is 10.3 Å². The highest BCUT2D eigenvalue weighted by atomic mass is 32.3. The molecule has 0 spiro atoms. The van der Waals surface area contributed by atoms with Gasteiger partial charge < -0.3 is 0 Å². The molecule has 0 aromatic rings. The van der Waals surface area contributed by atoms with Crippen molar-refractivity contribution in [3.05, 3.63) is 10.3 Å². The van der Waals surface area contributed by atoms with E-state index >= 15 is 0 Å². The quantitative estimate of drug-likeness (QED) is 0.651. The molecular weight excluding hydrogens is 158 g/mol. The molecule has 0 radical (unpaired) electrons. The van der Waals surface area contributed by atoms with Gasteiger partial charge in [-0.05, 0) is 13.2 Å². The van der Waals surface area contributed by atoms with Crippen LogP contribution in [0.1, 0.15) is 6.92 Å². The molecule has 0 aliphatic heterocycles. The minimum absolute atomic E-state index is 0.211. The minimum atomic E-state index is -3.44. The van der Waals surface area contributed by atoms with Gasteiger partial charge in [0.25, 0.3) is 0 Å². The number of thioether (sulfide) groups is 1. The summed E-state index contributed by atoms with van der Waals surface area (Å²) >= 11 is 1.12. The second-order valence-electron chi connectivity index (χ2n) is 1.36. The lowest BCUT2D eigenvalue weighted by molar-refractivity contribution is 0.605. The van der Waals surface area contributed by atoms with Gasteiger partial charge in [-0.2, -0.15) is 0 Å². The predicted octanol–water partition coefficient (Wildman–Crippen LogP) is 0.499. The summed E-state index contributed by atoms with van der Waals surface area (Å²) in [5.41, 5.74) is 0. The monoisotopic (exact) mass is 167 g/mol. The van der Waals surface area contributed by atoms with E-state index in [2.05, 4.69) is 0 Å². The van der Waals surface area contributed by atoms with Crippen LogP contribution in [0, 0.1) is 0 Å². The summed E-state index contributed by atoms with van der Waals surface area (Å²) in [6.07, 6.45) is 3.14. The van der Waals surface area contributed by atoms with Crippen LogP contribution in [0.25, 0.3) is 0 Å². The van der Waals surface area contributed by atoms with E-state index in [-0.39, 0.29) is 4.24 Å². The van der Waals surface area contributed by atoms with Crippen molar-refractivity contribution in [2.75, 3.05) is 6.26 Å². The summed E-state index contributed by atoms with van der Waals surface area (Å²) in [5, 5.41) is 4.78. The van der Waals surface area contributed by atoms with E-state index in [0.29, 0.717) is 0 Å². The number of allylic oxidation sites excluding steroid dienone is 1. The molecule has 2 N–H and O–H groups in total. The number of hydrogen-bond donors (Lipinski definition) is 1. The van der Waals surface area contributed by atoms with Gasteiger partial charge in [-0.1, -0.05) is 6.08 Å². The number of nitrogens with two attached hydrogens (primary N) is 1. The molecule has 3 nitrogen and oxygen atoms in total. The van der Waals surface area contributed by atoms with Crippen LogP contribution < -0.4 is 5.14 Å². The Balaban J connectivity index is 4.56. The first-order valence-electron chi connectivity index (χ1n) is 2.25. The Bertz CT molecular complexity index is 205. The van der Waals surface area contributed by atoms with Crippen LogP contribution >= 0.6 is 11.8 Å². The van der Waals surface area contributed by atoms with Gasteiger partial charge in [0.15, 0.2) is 0 Å². The first-order valence-corrected chi connectivity index (χ1v) is 5.02. The van der Waals surface area contributed by atoms with Crippen LogP contribution in [-0.2, 0) is 10.0 Å². The fourth-order valence-corrected chi connectivity index (χ4v) is 1.89. The van der Waals surface area contributed by atoms with Gasteiger partial charge in [-0.15, -0.1) is 11.8 Å². The fraction of sp³-hybridized carbons (Fsp3) is 0.500. The van der Waals surface area contributed by atoms with E-state index < -0.39 is 10.0 Å². The molecule has 0 unspecified atom stereocenters. The van der Waals surface area contributed by atoms with Gasteiger partial charge >= 0.3 is 0 Å². The van der Waals surface area contributed by atoms with Gasteiger partial charge in [0.05, 0.1) is 0 Å². The maximum Gasteiger partial charge on any atom is 0.243 e. The van der Waals surface area contributed by atoms with E-state index in [4.69, 9.17) is 5.14 Å². The Morgan fingerprint density at radius 2 is 2.11 bits per heavy atom. The SMILES string of the molecule is C/C=C(\SC)S(N)(=O)=O. The van der Waals surface area contributed by atoms with Crippen molar-refractivity contribution in [3.63, 3.8) is 0 Å². The number of sulfonamides is 1. The highest BCUT2D eigenvalue weighted by molar-refractivity contribution is 8.17. The molecule has 0 aliphatic carbocycles. The standard InChI is InChI=1S/C4H9NO2S2/c1-3-4(8-2)9(5,6)7/h3H,1-2H3,(H2,5,6,7)/b4-3+. The van der Waals surface area contributed by atoms with Gasteiger partial charge in [0, 0.05) is 0 Å². The molecule has 0 rings (SSSR count). The predicted molar refractivity (Wildman–Crippen MR) is 40.4 cm³/mol. The summed E-state index contributed by atoms with van der Waals surface area (Å²) < 4.78 is 21.2. The zero-order valence-corrected chi connectivity index (χ0v) is 6.92. The van der Waals surface area contributed by atoms with Crippen LogP contribution in [0.3, 0.4) is 0 Å². The first-order chi connectivity index (χ1) is 4.02. The Labute approximate surface area is 59.4 Å². The molecule has 9 heavy (non-hydrogen) atoms. The summed E-state index contributed by atoms with van der Waals surface area (Å²) in [4.78, 5) is 0. The van der Waals surface area contributed by atoms with E-state index in [1.165, 1.54) is 6.08 Å². The van der Waals surface area contributed by atoms with Crippen LogP contribution in [0.2, 0.25) is 0 Å². The Kier molecular flexibility index (Phi) is 3.24. The van der Waals surface area contributed by atoms with Crippen LogP contribution in [0.4, 0.5) is 0 Å². The maximum absolute atomic E-state index is 10.5. The van der Waals surface area contributed by atoms with E-state index in [0.717, 1.165) is 11.8 Å². The Hall–Kier alpha value is -0.0000000000000000555. The Morgan fingerprint density at radius 1 is 1.67 bits per heavy atom. The van der Waals surface area contributed by atoms with Crippen molar-refractivity contribution in [1.82, 2.24) is 0 Å². The van der Waals surface area contributed by atoms with Crippen LogP contribution in [0.5, 0.6) is 0 Å². The van der Waals surface area contributed by atoms with Gasteiger partial charge in [0.1, 0.15) is 4.24 Å². The molecular formula is C4H9NO2S2. The summed E-state index contributed by atoms with van der Waals surface area (Å²) in [6.45, 7) is 1.64. The molecule has 0 bridgehead atoms. The molecule has 5 heteroatoms. The highest BCUT2D eigenvalue weighted by Gasteiger charge is 2.07. The lowest BCUT2D eigenvalue weighted by Crippen LogP contribution is -2.12. The number of hydrogen-bond acceptors (Lipinski definition) is 3. The molecule has 54 valence electrons. The molecule has 0 aromatic heterocycles. The van der Waals surface area contributed by atoms with Crippen LogP contribution in [-0.4, -0.2) is 14.7 Å². The molecule has 0 atom stereocenters. The lowest BCUT2D eigenvalue weighted by Gasteiger charge is -1.96. The molecule has 0 fully saturated rings. The second-order valence-corrected chi connectivity index (χ2v) is 3.99. The molecule has 0 saturated heterocycles. The first kappa shape index (κ1) is 9.00. The van der Waals surface area contributed by atoms with Gasteiger partial charge in [-0.25, -0.2) is 13.6 Å². The minimum Gasteiger partial charge on any atom is -0.224 e. The summed E-state index contributed by atoms with van der Waals surface area (Å²) in [5.74, 6) is 0. The highest BCUT2D eigenvalue weighted by Crippen LogP contribution is 2.14. The molecule has 0 amide bonds.